The minimum Gasteiger partial charge on any atom is -0.461 e. The molecule has 0 N–H and O–H groups in total. The molecule has 0 fully saturated rings. The second kappa shape index (κ2) is 6.02. The van der Waals surface area contributed by atoms with Crippen LogP contribution < -0.4 is 0 Å². The molecule has 102 valence electrons. The van der Waals surface area contributed by atoms with E-state index in [0.29, 0.717) is 12.3 Å². The molecule has 0 saturated heterocycles. The predicted molar refractivity (Wildman–Crippen MR) is 75.7 cm³/mol. The van der Waals surface area contributed by atoms with Crippen molar-refractivity contribution in [2.75, 3.05) is 6.61 Å². The smallest absolute Gasteiger partial charge is 0.355 e. The lowest BCUT2D eigenvalue weighted by molar-refractivity contribution is 0.0513. The number of ether oxygens (including phenoxy) is 1. The van der Waals surface area contributed by atoms with Crippen LogP contribution in [0.4, 0.5) is 0 Å². The van der Waals surface area contributed by atoms with Crippen molar-refractivity contribution in [3.63, 3.8) is 0 Å². The van der Waals surface area contributed by atoms with Crippen molar-refractivity contribution in [2.24, 2.45) is 0 Å². The van der Waals surface area contributed by atoms with Gasteiger partial charge in [-0.05, 0) is 32.4 Å². The van der Waals surface area contributed by atoms with E-state index < -0.39 is 0 Å². The molecule has 2 aromatic heterocycles. The highest BCUT2D eigenvalue weighted by molar-refractivity contribution is 7.09. The number of carbonyl (C=O) groups excluding carboxylic acids is 1. The zero-order valence-electron chi connectivity index (χ0n) is 11.5. The summed E-state index contributed by atoms with van der Waals surface area (Å²) in [6.07, 6.45) is 2.83. The van der Waals surface area contributed by atoms with Crippen LogP contribution in [0.15, 0.2) is 17.8 Å². The van der Waals surface area contributed by atoms with Crippen LogP contribution in [0, 0.1) is 13.8 Å². The number of hydrogen-bond acceptors (Lipinski definition) is 4. The third kappa shape index (κ3) is 3.04. The fraction of sp³-hybridized carbons (Fsp3) is 0.429. The summed E-state index contributed by atoms with van der Waals surface area (Å²) in [5.41, 5.74) is 4.55. The Hall–Kier alpha value is -1.62. The number of rotatable bonds is 5. The number of nitrogens with zero attached hydrogens (tertiary/aromatic N) is 2. The van der Waals surface area contributed by atoms with Gasteiger partial charge in [0, 0.05) is 24.0 Å². The minimum absolute atomic E-state index is 0.244. The normalized spacial score (nSPS) is 10.7. The van der Waals surface area contributed by atoms with Crippen LogP contribution in [-0.4, -0.2) is 22.1 Å². The molecule has 0 atom stereocenters. The molecule has 0 radical (unpaired) electrons. The zero-order valence-corrected chi connectivity index (χ0v) is 12.3. The maximum atomic E-state index is 11.9. The SMILES string of the molecule is CCOC(=O)c1c(C)ccn1CCc1scnc1C. The van der Waals surface area contributed by atoms with E-state index in [1.165, 1.54) is 4.88 Å². The molecule has 0 unspecified atom stereocenters. The van der Waals surface area contributed by atoms with Crippen molar-refractivity contribution >= 4 is 17.3 Å². The number of hydrogen-bond donors (Lipinski definition) is 0. The topological polar surface area (TPSA) is 44.1 Å². The zero-order chi connectivity index (χ0) is 13.8. The summed E-state index contributed by atoms with van der Waals surface area (Å²) in [6, 6.07) is 1.95. The molecule has 0 saturated carbocycles. The predicted octanol–water partition coefficient (Wildman–Crippen LogP) is 2.98. The first-order valence-corrected chi connectivity index (χ1v) is 7.23. The summed E-state index contributed by atoms with van der Waals surface area (Å²) in [6.45, 7) is 6.93. The highest BCUT2D eigenvalue weighted by Crippen LogP contribution is 2.16. The summed E-state index contributed by atoms with van der Waals surface area (Å²) in [5.74, 6) is -0.244. The molecule has 0 aliphatic carbocycles. The number of thiazole rings is 1. The highest BCUT2D eigenvalue weighted by atomic mass is 32.1. The summed E-state index contributed by atoms with van der Waals surface area (Å²) in [4.78, 5) is 17.4. The molecule has 2 aromatic rings. The monoisotopic (exact) mass is 278 g/mol. The first kappa shape index (κ1) is 13.8. The number of carbonyl (C=O) groups is 1. The molecule has 19 heavy (non-hydrogen) atoms. The van der Waals surface area contributed by atoms with Crippen LogP contribution in [0.5, 0.6) is 0 Å². The average molecular weight is 278 g/mol. The van der Waals surface area contributed by atoms with E-state index in [2.05, 4.69) is 4.98 Å². The molecule has 2 rings (SSSR count). The number of aryl methyl sites for hydroxylation is 4. The van der Waals surface area contributed by atoms with E-state index in [1.54, 1.807) is 11.3 Å². The van der Waals surface area contributed by atoms with Crippen LogP contribution >= 0.6 is 11.3 Å². The van der Waals surface area contributed by atoms with Gasteiger partial charge in [0.15, 0.2) is 0 Å². The van der Waals surface area contributed by atoms with Crippen molar-refractivity contribution < 1.29 is 9.53 Å². The Kier molecular flexibility index (Phi) is 4.37. The standard InChI is InChI=1S/C14H18N2O2S/c1-4-18-14(17)13-10(2)5-7-16(13)8-6-12-11(3)15-9-19-12/h5,7,9H,4,6,8H2,1-3H3. The maximum absolute atomic E-state index is 11.9. The fourth-order valence-electron chi connectivity index (χ4n) is 2.03. The van der Waals surface area contributed by atoms with Gasteiger partial charge in [-0.25, -0.2) is 9.78 Å². The van der Waals surface area contributed by atoms with Crippen molar-refractivity contribution in [2.45, 2.75) is 33.7 Å². The van der Waals surface area contributed by atoms with Gasteiger partial charge < -0.3 is 9.30 Å². The van der Waals surface area contributed by atoms with Crippen molar-refractivity contribution in [3.05, 3.63) is 39.6 Å². The maximum Gasteiger partial charge on any atom is 0.355 e. The first-order chi connectivity index (χ1) is 9.13. The van der Waals surface area contributed by atoms with Gasteiger partial charge in [0.05, 0.1) is 17.8 Å². The Labute approximate surface area is 117 Å². The van der Waals surface area contributed by atoms with Gasteiger partial charge in [-0.3, -0.25) is 0 Å². The summed E-state index contributed by atoms with van der Waals surface area (Å²) in [7, 11) is 0. The third-order valence-electron chi connectivity index (χ3n) is 3.06. The quantitative estimate of drug-likeness (QED) is 0.790. The molecule has 0 bridgehead atoms. The highest BCUT2D eigenvalue weighted by Gasteiger charge is 2.15. The lowest BCUT2D eigenvalue weighted by atomic mass is 10.2. The van der Waals surface area contributed by atoms with E-state index in [1.807, 2.05) is 43.1 Å². The molecule has 2 heterocycles. The summed E-state index contributed by atoms with van der Waals surface area (Å²) < 4.78 is 7.06. The molecule has 4 nitrogen and oxygen atoms in total. The Morgan fingerprint density at radius 1 is 1.47 bits per heavy atom. The average Bonchev–Trinajstić information content (AvgIpc) is 2.93. The lowest BCUT2D eigenvalue weighted by Crippen LogP contribution is -2.14. The van der Waals surface area contributed by atoms with Crippen LogP contribution in [-0.2, 0) is 17.7 Å². The Balaban J connectivity index is 2.13. The van der Waals surface area contributed by atoms with E-state index >= 15 is 0 Å². The fourth-order valence-corrected chi connectivity index (χ4v) is 2.80. The van der Waals surface area contributed by atoms with E-state index in [0.717, 1.165) is 24.2 Å². The van der Waals surface area contributed by atoms with Crippen molar-refractivity contribution in [1.29, 1.82) is 0 Å². The molecule has 0 aliphatic rings. The van der Waals surface area contributed by atoms with E-state index in [4.69, 9.17) is 4.74 Å². The van der Waals surface area contributed by atoms with Gasteiger partial charge in [0.25, 0.3) is 0 Å². The van der Waals surface area contributed by atoms with Gasteiger partial charge in [-0.15, -0.1) is 11.3 Å². The molecular weight excluding hydrogens is 260 g/mol. The van der Waals surface area contributed by atoms with Gasteiger partial charge in [-0.1, -0.05) is 0 Å². The Morgan fingerprint density at radius 2 is 2.26 bits per heavy atom. The number of aromatic nitrogens is 2. The summed E-state index contributed by atoms with van der Waals surface area (Å²) >= 11 is 1.66. The summed E-state index contributed by atoms with van der Waals surface area (Å²) in [5, 5.41) is 0. The molecule has 0 aliphatic heterocycles. The van der Waals surface area contributed by atoms with Crippen LogP contribution in [0.3, 0.4) is 0 Å². The van der Waals surface area contributed by atoms with Gasteiger partial charge in [0.2, 0.25) is 0 Å². The van der Waals surface area contributed by atoms with Crippen molar-refractivity contribution in [3.8, 4) is 0 Å². The van der Waals surface area contributed by atoms with Gasteiger partial charge in [0.1, 0.15) is 5.69 Å². The van der Waals surface area contributed by atoms with Crippen LogP contribution in [0.25, 0.3) is 0 Å². The van der Waals surface area contributed by atoms with E-state index in [9.17, 15) is 4.79 Å². The molecule has 0 amide bonds. The second-order valence-electron chi connectivity index (χ2n) is 4.37. The first-order valence-electron chi connectivity index (χ1n) is 6.35. The largest absolute Gasteiger partial charge is 0.461 e. The van der Waals surface area contributed by atoms with Gasteiger partial charge >= 0.3 is 5.97 Å². The Bertz CT molecular complexity index is 572. The molecule has 0 spiro atoms. The minimum atomic E-state index is -0.244. The van der Waals surface area contributed by atoms with Crippen molar-refractivity contribution in [1.82, 2.24) is 9.55 Å². The van der Waals surface area contributed by atoms with E-state index in [-0.39, 0.29) is 5.97 Å². The van der Waals surface area contributed by atoms with Crippen LogP contribution in [0.1, 0.15) is 33.5 Å². The third-order valence-corrected chi connectivity index (χ3v) is 4.05. The van der Waals surface area contributed by atoms with Crippen LogP contribution in [0.2, 0.25) is 0 Å². The lowest BCUT2D eigenvalue weighted by Gasteiger charge is -2.09. The Morgan fingerprint density at radius 3 is 2.89 bits per heavy atom. The van der Waals surface area contributed by atoms with Gasteiger partial charge in [-0.2, -0.15) is 0 Å². The number of esters is 1. The molecular formula is C14H18N2O2S. The molecule has 5 heteroatoms. The molecule has 0 aromatic carbocycles. The second-order valence-corrected chi connectivity index (χ2v) is 5.31.